The summed E-state index contributed by atoms with van der Waals surface area (Å²) in [4.78, 5) is 0. The van der Waals surface area contributed by atoms with Crippen LogP contribution in [0.2, 0.25) is 0 Å². The standard InChI is InChI=1S/C14H14NO6S2/c16-22(17,11-13-7-3-1-4-8-13)20-15-21-23(18,19)12-14-9-5-2-6-10-14/h1-10H,11-12H2. The van der Waals surface area contributed by atoms with Gasteiger partial charge in [0.2, 0.25) is 0 Å². The first kappa shape index (κ1) is 17.6. The molecule has 0 atom stereocenters. The van der Waals surface area contributed by atoms with E-state index in [1.54, 1.807) is 60.7 Å². The van der Waals surface area contributed by atoms with Crippen molar-refractivity contribution in [2.75, 3.05) is 0 Å². The maximum absolute atomic E-state index is 11.7. The van der Waals surface area contributed by atoms with E-state index >= 15 is 0 Å². The molecule has 0 amide bonds. The van der Waals surface area contributed by atoms with Gasteiger partial charge < -0.3 is 0 Å². The maximum Gasteiger partial charge on any atom is 0.290 e. The van der Waals surface area contributed by atoms with Gasteiger partial charge in [-0.2, -0.15) is 16.8 Å². The van der Waals surface area contributed by atoms with E-state index in [2.05, 4.69) is 14.2 Å². The molecular formula is C14H14NO6S2. The van der Waals surface area contributed by atoms with Crippen molar-refractivity contribution in [2.24, 2.45) is 0 Å². The van der Waals surface area contributed by atoms with Crippen molar-refractivity contribution in [3.05, 3.63) is 71.8 Å². The Bertz CT molecular complexity index is 749. The molecule has 2 aromatic carbocycles. The highest BCUT2D eigenvalue weighted by Crippen LogP contribution is 2.09. The van der Waals surface area contributed by atoms with Crippen molar-refractivity contribution in [2.45, 2.75) is 11.5 Å². The van der Waals surface area contributed by atoms with Crippen LogP contribution in [0, 0.1) is 0 Å². The zero-order chi connectivity index (χ0) is 16.8. The lowest BCUT2D eigenvalue weighted by atomic mass is 10.2. The Kier molecular flexibility index (Phi) is 5.85. The second-order valence-corrected chi connectivity index (χ2v) is 7.71. The lowest BCUT2D eigenvalue weighted by molar-refractivity contribution is -0.0186. The molecule has 0 spiro atoms. The third-order valence-corrected chi connectivity index (χ3v) is 4.61. The van der Waals surface area contributed by atoms with Gasteiger partial charge in [-0.3, -0.25) is 0 Å². The van der Waals surface area contributed by atoms with Crippen LogP contribution in [0.15, 0.2) is 60.7 Å². The molecule has 0 fully saturated rings. The molecule has 7 nitrogen and oxygen atoms in total. The molecule has 0 saturated heterocycles. The van der Waals surface area contributed by atoms with Crippen molar-refractivity contribution < 1.29 is 25.4 Å². The van der Waals surface area contributed by atoms with Crippen LogP contribution in [0.3, 0.4) is 0 Å². The molecule has 123 valence electrons. The Morgan fingerprint density at radius 1 is 0.652 bits per heavy atom. The van der Waals surface area contributed by atoms with Gasteiger partial charge in [-0.25, -0.2) is 0 Å². The second-order valence-electron chi connectivity index (χ2n) is 4.60. The van der Waals surface area contributed by atoms with E-state index in [-0.39, 0.29) is 0 Å². The summed E-state index contributed by atoms with van der Waals surface area (Å²) in [6, 6.07) is 16.5. The summed E-state index contributed by atoms with van der Waals surface area (Å²) in [6.45, 7) is 0. The zero-order valence-corrected chi connectivity index (χ0v) is 13.5. The number of hydrogen-bond donors (Lipinski definition) is 0. The third-order valence-electron chi connectivity index (χ3n) is 2.66. The summed E-state index contributed by atoms with van der Waals surface area (Å²) in [7, 11) is -8.17. The summed E-state index contributed by atoms with van der Waals surface area (Å²) in [5, 5.41) is 0. The molecule has 0 bridgehead atoms. The molecule has 0 aliphatic carbocycles. The van der Waals surface area contributed by atoms with Crippen LogP contribution in [0.4, 0.5) is 0 Å². The van der Waals surface area contributed by atoms with Crippen LogP contribution in [0.25, 0.3) is 0 Å². The largest absolute Gasteiger partial charge is 0.290 e. The van der Waals surface area contributed by atoms with Crippen molar-refractivity contribution in [3.63, 3.8) is 0 Å². The summed E-state index contributed by atoms with van der Waals surface area (Å²) >= 11 is 0. The van der Waals surface area contributed by atoms with E-state index in [9.17, 15) is 16.8 Å². The average Bonchev–Trinajstić information content (AvgIpc) is 2.47. The van der Waals surface area contributed by atoms with Gasteiger partial charge in [-0.05, 0) is 11.1 Å². The molecule has 2 rings (SSSR count). The molecule has 0 heterocycles. The predicted molar refractivity (Wildman–Crippen MR) is 82.4 cm³/mol. The van der Waals surface area contributed by atoms with Gasteiger partial charge in [0.1, 0.15) is 11.5 Å². The van der Waals surface area contributed by atoms with Crippen LogP contribution in [0.1, 0.15) is 11.1 Å². The molecule has 0 aromatic heterocycles. The molecule has 9 heteroatoms. The second kappa shape index (κ2) is 7.66. The fraction of sp³-hybridized carbons (Fsp3) is 0.143. The minimum atomic E-state index is -4.09. The van der Waals surface area contributed by atoms with Gasteiger partial charge >= 0.3 is 0 Å². The van der Waals surface area contributed by atoms with E-state index < -0.39 is 31.7 Å². The van der Waals surface area contributed by atoms with Crippen molar-refractivity contribution in [1.82, 2.24) is 5.64 Å². The molecule has 0 aliphatic heterocycles. The van der Waals surface area contributed by atoms with Gasteiger partial charge in [-0.1, -0.05) is 60.7 Å². The Morgan fingerprint density at radius 2 is 1.00 bits per heavy atom. The first-order chi connectivity index (χ1) is 10.9. The molecule has 1 radical (unpaired) electrons. The first-order valence-electron chi connectivity index (χ1n) is 6.47. The van der Waals surface area contributed by atoms with Crippen molar-refractivity contribution in [3.8, 4) is 0 Å². The smallest absolute Gasteiger partial charge is 0.197 e. The van der Waals surface area contributed by atoms with Crippen molar-refractivity contribution >= 4 is 20.2 Å². The monoisotopic (exact) mass is 356 g/mol. The number of rotatable bonds is 8. The van der Waals surface area contributed by atoms with E-state index in [4.69, 9.17) is 0 Å². The van der Waals surface area contributed by atoms with Crippen molar-refractivity contribution in [1.29, 1.82) is 0 Å². The molecule has 0 aliphatic rings. The quantitative estimate of drug-likeness (QED) is 0.665. The number of nitrogens with zero attached hydrogens (tertiary/aromatic N) is 1. The molecule has 23 heavy (non-hydrogen) atoms. The van der Waals surface area contributed by atoms with Crippen LogP contribution < -0.4 is 5.64 Å². The van der Waals surface area contributed by atoms with Gasteiger partial charge in [0.15, 0.2) is 0 Å². The zero-order valence-electron chi connectivity index (χ0n) is 11.9. The van der Waals surface area contributed by atoms with E-state index in [0.29, 0.717) is 11.1 Å². The van der Waals surface area contributed by atoms with E-state index in [1.165, 1.54) is 0 Å². The highest BCUT2D eigenvalue weighted by molar-refractivity contribution is 7.86. The Balaban J connectivity index is 1.86. The van der Waals surface area contributed by atoms with E-state index in [0.717, 1.165) is 0 Å². The first-order valence-corrected chi connectivity index (χ1v) is 9.63. The fourth-order valence-corrected chi connectivity index (χ4v) is 3.31. The van der Waals surface area contributed by atoms with Gasteiger partial charge in [-0.15, -0.1) is 8.57 Å². The highest BCUT2D eigenvalue weighted by atomic mass is 32.2. The number of benzene rings is 2. The SMILES string of the molecule is O=S(=O)(Cc1ccccc1)O[N]OS(=O)(=O)Cc1ccccc1. The van der Waals surface area contributed by atoms with E-state index in [1.807, 2.05) is 0 Å². The predicted octanol–water partition coefficient (Wildman–Crippen LogP) is 1.51. The Hall–Kier alpha value is -1.78. The topological polar surface area (TPSA) is 101 Å². The van der Waals surface area contributed by atoms with Gasteiger partial charge in [0.25, 0.3) is 20.2 Å². The summed E-state index contributed by atoms with van der Waals surface area (Å²) in [6.07, 6.45) is 0. The molecule has 2 aromatic rings. The van der Waals surface area contributed by atoms with Gasteiger partial charge in [0.05, 0.1) is 5.64 Å². The fourth-order valence-electron chi connectivity index (χ4n) is 1.71. The number of hydrogen-bond acceptors (Lipinski definition) is 6. The minimum absolute atomic E-state index is 0.445. The lowest BCUT2D eigenvalue weighted by Gasteiger charge is -2.05. The maximum atomic E-state index is 11.7. The van der Waals surface area contributed by atoms with Crippen LogP contribution in [-0.4, -0.2) is 16.8 Å². The average molecular weight is 356 g/mol. The van der Waals surface area contributed by atoms with Crippen LogP contribution in [0.5, 0.6) is 0 Å². The molecular weight excluding hydrogens is 342 g/mol. The van der Waals surface area contributed by atoms with Crippen LogP contribution in [-0.2, 0) is 40.3 Å². The summed E-state index contributed by atoms with van der Waals surface area (Å²) < 4.78 is 55.0. The molecule has 0 N–H and O–H groups in total. The molecule has 0 saturated carbocycles. The lowest BCUT2D eigenvalue weighted by Crippen LogP contribution is -2.20. The third kappa shape index (κ3) is 6.47. The van der Waals surface area contributed by atoms with Crippen LogP contribution >= 0.6 is 0 Å². The normalized spacial score (nSPS) is 12.2. The summed E-state index contributed by atoms with van der Waals surface area (Å²) in [5.41, 5.74) is 3.69. The van der Waals surface area contributed by atoms with Gasteiger partial charge in [0, 0.05) is 0 Å². The molecule has 0 unspecified atom stereocenters. The Labute approximate surface area is 135 Å². The Morgan fingerprint density at radius 3 is 1.35 bits per heavy atom. The summed E-state index contributed by atoms with van der Waals surface area (Å²) in [5.74, 6) is -0.890. The highest BCUT2D eigenvalue weighted by Gasteiger charge is 2.19. The minimum Gasteiger partial charge on any atom is -0.197 e.